The molecule has 0 amide bonds. The van der Waals surface area contributed by atoms with E-state index < -0.39 is 0 Å². The van der Waals surface area contributed by atoms with Crippen molar-refractivity contribution < 1.29 is 4.74 Å². The molecule has 1 aromatic rings. The van der Waals surface area contributed by atoms with Crippen molar-refractivity contribution in [3.8, 4) is 5.75 Å². The second-order valence-electron chi connectivity index (χ2n) is 3.35. The van der Waals surface area contributed by atoms with Crippen molar-refractivity contribution in [3.05, 3.63) is 52.9 Å². The molecule has 1 heterocycles. The van der Waals surface area contributed by atoms with E-state index in [0.29, 0.717) is 5.02 Å². The zero-order chi connectivity index (χ0) is 10.7. The van der Waals surface area contributed by atoms with Gasteiger partial charge in [0.05, 0.1) is 0 Å². The molecule has 0 bridgehead atoms. The molecule has 0 saturated carbocycles. The van der Waals surface area contributed by atoms with Crippen LogP contribution >= 0.6 is 11.6 Å². The first-order valence-corrected chi connectivity index (χ1v) is 5.18. The van der Waals surface area contributed by atoms with Gasteiger partial charge in [0.2, 0.25) is 0 Å². The molecule has 2 nitrogen and oxygen atoms in total. The predicted molar refractivity (Wildman–Crippen MR) is 61.9 cm³/mol. The minimum absolute atomic E-state index is 0.713. The minimum Gasteiger partial charge on any atom is -0.441 e. The van der Waals surface area contributed by atoms with Gasteiger partial charge in [0, 0.05) is 17.1 Å². The Bertz CT molecular complexity index is 406. The van der Waals surface area contributed by atoms with Crippen LogP contribution in [0.15, 0.2) is 47.9 Å². The van der Waals surface area contributed by atoms with E-state index in [1.807, 2.05) is 37.3 Å². The summed E-state index contributed by atoms with van der Waals surface area (Å²) in [5, 5.41) is 3.88. The van der Waals surface area contributed by atoms with E-state index in [1.165, 1.54) is 0 Å². The molecule has 78 valence electrons. The molecule has 0 unspecified atom stereocenters. The van der Waals surface area contributed by atoms with Gasteiger partial charge in [0.25, 0.3) is 0 Å². The molecule has 3 heteroatoms. The van der Waals surface area contributed by atoms with Crippen LogP contribution in [0.3, 0.4) is 0 Å². The molecule has 0 aromatic heterocycles. The van der Waals surface area contributed by atoms with Crippen molar-refractivity contribution in [2.45, 2.75) is 6.92 Å². The third-order valence-corrected chi connectivity index (χ3v) is 2.39. The Morgan fingerprint density at radius 3 is 2.67 bits per heavy atom. The summed E-state index contributed by atoms with van der Waals surface area (Å²) in [6.07, 6.45) is 4.10. The third-order valence-electron chi connectivity index (χ3n) is 2.14. The van der Waals surface area contributed by atoms with Crippen LogP contribution in [0.2, 0.25) is 5.02 Å². The van der Waals surface area contributed by atoms with Gasteiger partial charge in [0.1, 0.15) is 5.75 Å². The van der Waals surface area contributed by atoms with Crippen LogP contribution in [0, 0.1) is 0 Å². The summed E-state index contributed by atoms with van der Waals surface area (Å²) in [6, 6.07) is 7.32. The van der Waals surface area contributed by atoms with E-state index in [4.69, 9.17) is 16.3 Å². The first-order valence-electron chi connectivity index (χ1n) is 4.80. The standard InChI is InChI=1S/C12H12ClNO/c1-9-3-2-8-14-12(9)15-11-6-4-10(13)5-7-11/h2-7,14H,8H2,1H3. The molecule has 0 saturated heterocycles. The smallest absolute Gasteiger partial charge is 0.196 e. The van der Waals surface area contributed by atoms with Gasteiger partial charge in [-0.1, -0.05) is 23.8 Å². The monoisotopic (exact) mass is 221 g/mol. The summed E-state index contributed by atoms with van der Waals surface area (Å²) >= 11 is 5.79. The number of hydrogen-bond acceptors (Lipinski definition) is 2. The second kappa shape index (κ2) is 4.41. The maximum absolute atomic E-state index is 5.79. The molecular formula is C12H12ClNO. The summed E-state index contributed by atoms with van der Waals surface area (Å²) in [6.45, 7) is 2.81. The number of allylic oxidation sites excluding steroid dienone is 2. The fraction of sp³-hybridized carbons (Fsp3) is 0.167. The molecule has 0 fully saturated rings. The maximum Gasteiger partial charge on any atom is 0.196 e. The van der Waals surface area contributed by atoms with E-state index in [-0.39, 0.29) is 0 Å². The molecule has 1 aromatic carbocycles. The number of rotatable bonds is 2. The fourth-order valence-corrected chi connectivity index (χ4v) is 1.47. The first kappa shape index (κ1) is 10.1. The van der Waals surface area contributed by atoms with Crippen LogP contribution in [-0.4, -0.2) is 6.54 Å². The van der Waals surface area contributed by atoms with E-state index in [9.17, 15) is 0 Å². The Kier molecular flexibility index (Phi) is 2.97. The largest absolute Gasteiger partial charge is 0.441 e. The fourth-order valence-electron chi connectivity index (χ4n) is 1.34. The number of nitrogens with one attached hydrogen (secondary N) is 1. The molecule has 1 aliphatic heterocycles. The lowest BCUT2D eigenvalue weighted by Gasteiger charge is -2.16. The van der Waals surface area contributed by atoms with Crippen molar-refractivity contribution in [2.75, 3.05) is 6.54 Å². The van der Waals surface area contributed by atoms with Gasteiger partial charge in [-0.15, -0.1) is 0 Å². The van der Waals surface area contributed by atoms with Crippen LogP contribution in [0.1, 0.15) is 6.92 Å². The number of ether oxygens (including phenoxy) is 1. The lowest BCUT2D eigenvalue weighted by Crippen LogP contribution is -2.21. The normalized spacial score (nSPS) is 15.1. The minimum atomic E-state index is 0.713. The highest BCUT2D eigenvalue weighted by molar-refractivity contribution is 6.30. The van der Waals surface area contributed by atoms with Crippen molar-refractivity contribution in [3.63, 3.8) is 0 Å². The average molecular weight is 222 g/mol. The van der Waals surface area contributed by atoms with Crippen LogP contribution in [-0.2, 0) is 0 Å². The Labute approximate surface area is 94.2 Å². The highest BCUT2D eigenvalue weighted by Gasteiger charge is 2.05. The molecule has 0 spiro atoms. The van der Waals surface area contributed by atoms with Crippen molar-refractivity contribution in [1.29, 1.82) is 0 Å². The Hall–Kier alpha value is -1.41. The Morgan fingerprint density at radius 1 is 1.27 bits per heavy atom. The van der Waals surface area contributed by atoms with Gasteiger partial charge in [-0.3, -0.25) is 0 Å². The maximum atomic E-state index is 5.79. The van der Waals surface area contributed by atoms with Gasteiger partial charge >= 0.3 is 0 Å². The quantitative estimate of drug-likeness (QED) is 0.829. The third kappa shape index (κ3) is 2.54. The van der Waals surface area contributed by atoms with Gasteiger partial charge in [-0.05, 0) is 31.2 Å². The van der Waals surface area contributed by atoms with Gasteiger partial charge < -0.3 is 10.1 Å². The van der Waals surface area contributed by atoms with Crippen LogP contribution in [0.4, 0.5) is 0 Å². The Balaban J connectivity index is 2.15. The summed E-state index contributed by atoms with van der Waals surface area (Å²) in [4.78, 5) is 0. The SMILES string of the molecule is CC1=C(Oc2ccc(Cl)cc2)NCC=C1. The first-order chi connectivity index (χ1) is 7.25. The van der Waals surface area contributed by atoms with E-state index in [0.717, 1.165) is 23.8 Å². The highest BCUT2D eigenvalue weighted by Crippen LogP contribution is 2.19. The van der Waals surface area contributed by atoms with E-state index in [2.05, 4.69) is 11.4 Å². The second-order valence-corrected chi connectivity index (χ2v) is 3.79. The molecule has 0 radical (unpaired) electrons. The number of halogens is 1. The highest BCUT2D eigenvalue weighted by atomic mass is 35.5. The Morgan fingerprint density at radius 2 is 2.00 bits per heavy atom. The van der Waals surface area contributed by atoms with Gasteiger partial charge in [-0.2, -0.15) is 0 Å². The van der Waals surface area contributed by atoms with E-state index in [1.54, 1.807) is 0 Å². The summed E-state index contributed by atoms with van der Waals surface area (Å²) in [7, 11) is 0. The van der Waals surface area contributed by atoms with E-state index >= 15 is 0 Å². The molecule has 1 N–H and O–H groups in total. The van der Waals surface area contributed by atoms with Crippen LogP contribution < -0.4 is 10.1 Å². The van der Waals surface area contributed by atoms with Gasteiger partial charge in [0.15, 0.2) is 5.88 Å². The zero-order valence-electron chi connectivity index (χ0n) is 8.46. The lowest BCUT2D eigenvalue weighted by molar-refractivity contribution is 0.379. The predicted octanol–water partition coefficient (Wildman–Crippen LogP) is 3.11. The lowest BCUT2D eigenvalue weighted by atomic mass is 10.2. The molecule has 15 heavy (non-hydrogen) atoms. The molecule has 0 atom stereocenters. The summed E-state index contributed by atoms with van der Waals surface area (Å²) in [5.74, 6) is 1.59. The molecule has 2 rings (SSSR count). The topological polar surface area (TPSA) is 21.3 Å². The molecular weight excluding hydrogens is 210 g/mol. The molecule has 0 aliphatic carbocycles. The number of hydrogen-bond donors (Lipinski definition) is 1. The zero-order valence-corrected chi connectivity index (χ0v) is 9.21. The van der Waals surface area contributed by atoms with Crippen LogP contribution in [0.5, 0.6) is 5.75 Å². The summed E-state index contributed by atoms with van der Waals surface area (Å²) in [5.41, 5.74) is 1.09. The molecule has 1 aliphatic rings. The average Bonchev–Trinajstić information content (AvgIpc) is 2.25. The summed E-state index contributed by atoms with van der Waals surface area (Å²) < 4.78 is 5.68. The van der Waals surface area contributed by atoms with Crippen molar-refractivity contribution in [1.82, 2.24) is 5.32 Å². The number of benzene rings is 1. The van der Waals surface area contributed by atoms with Crippen LogP contribution in [0.25, 0.3) is 0 Å². The van der Waals surface area contributed by atoms with Crippen molar-refractivity contribution in [2.24, 2.45) is 0 Å². The van der Waals surface area contributed by atoms with Crippen molar-refractivity contribution >= 4 is 11.6 Å². The number of dihydropyridines is 1. The van der Waals surface area contributed by atoms with Gasteiger partial charge in [-0.25, -0.2) is 0 Å².